The van der Waals surface area contributed by atoms with Crippen molar-refractivity contribution in [1.82, 2.24) is 15.2 Å². The highest BCUT2D eigenvalue weighted by Crippen LogP contribution is 2.25. The van der Waals surface area contributed by atoms with Gasteiger partial charge in [0.05, 0.1) is 4.92 Å². The Balaban J connectivity index is 2.49. The summed E-state index contributed by atoms with van der Waals surface area (Å²) in [7, 11) is -4.54. The lowest BCUT2D eigenvalue weighted by atomic mass is 10.3. The van der Waals surface area contributed by atoms with Crippen molar-refractivity contribution >= 4 is 21.7 Å². The van der Waals surface area contributed by atoms with E-state index in [-0.39, 0.29) is 18.1 Å². The molecular formula is C9H7F2N5O4S. The van der Waals surface area contributed by atoms with Crippen molar-refractivity contribution in [1.29, 1.82) is 0 Å². The fourth-order valence-electron chi connectivity index (χ4n) is 1.43. The number of hydrogen-bond acceptors (Lipinski definition) is 6. The van der Waals surface area contributed by atoms with E-state index in [1.807, 2.05) is 4.72 Å². The molecule has 2 N–H and O–H groups in total. The van der Waals surface area contributed by atoms with Crippen LogP contribution in [0.4, 0.5) is 20.4 Å². The van der Waals surface area contributed by atoms with Gasteiger partial charge in [-0.2, -0.15) is 9.37 Å². The number of nitrogens with zero attached hydrogens (tertiary/aromatic N) is 3. The molecule has 0 amide bonds. The van der Waals surface area contributed by atoms with Crippen LogP contribution in [0.5, 0.6) is 0 Å². The molecule has 2 rings (SSSR count). The highest BCUT2D eigenvalue weighted by Gasteiger charge is 2.27. The highest BCUT2D eigenvalue weighted by molar-refractivity contribution is 7.92. The van der Waals surface area contributed by atoms with E-state index >= 15 is 0 Å². The molecule has 0 fully saturated rings. The number of anilines is 1. The summed E-state index contributed by atoms with van der Waals surface area (Å²) in [4.78, 5) is 12.0. The molecule has 1 heterocycles. The molecule has 0 bridgehead atoms. The molecule has 9 nitrogen and oxygen atoms in total. The maximum atomic E-state index is 13.6. The van der Waals surface area contributed by atoms with Crippen molar-refractivity contribution < 1.29 is 22.1 Å². The van der Waals surface area contributed by atoms with Crippen molar-refractivity contribution in [2.45, 2.75) is 11.8 Å². The number of halogens is 2. The van der Waals surface area contributed by atoms with Gasteiger partial charge in [-0.3, -0.25) is 15.2 Å². The molecule has 21 heavy (non-hydrogen) atoms. The third-order valence-corrected chi connectivity index (χ3v) is 3.65. The van der Waals surface area contributed by atoms with Crippen LogP contribution in [-0.4, -0.2) is 28.5 Å². The average Bonchev–Trinajstić information content (AvgIpc) is 2.72. The Morgan fingerprint density at radius 2 is 2.00 bits per heavy atom. The zero-order valence-electron chi connectivity index (χ0n) is 10.3. The molecule has 0 aliphatic carbocycles. The fraction of sp³-hybridized carbons (Fsp3) is 0.111. The van der Waals surface area contributed by atoms with Crippen molar-refractivity contribution in [3.63, 3.8) is 0 Å². The lowest BCUT2D eigenvalue weighted by Gasteiger charge is -2.06. The predicted octanol–water partition coefficient (Wildman–Crippen LogP) is 1.10. The molecule has 0 saturated carbocycles. The highest BCUT2D eigenvalue weighted by atomic mass is 32.2. The number of aromatic amines is 1. The van der Waals surface area contributed by atoms with Gasteiger partial charge in [-0.25, -0.2) is 17.5 Å². The Morgan fingerprint density at radius 3 is 2.52 bits per heavy atom. The third-order valence-electron chi connectivity index (χ3n) is 2.31. The second kappa shape index (κ2) is 5.05. The van der Waals surface area contributed by atoms with E-state index in [0.717, 1.165) is 0 Å². The number of aromatic nitrogens is 3. The van der Waals surface area contributed by atoms with Crippen molar-refractivity contribution in [2.24, 2.45) is 0 Å². The first-order valence-electron chi connectivity index (χ1n) is 5.26. The first-order chi connectivity index (χ1) is 9.70. The van der Waals surface area contributed by atoms with E-state index in [1.165, 1.54) is 6.92 Å². The Kier molecular flexibility index (Phi) is 3.55. The molecule has 2 aromatic rings. The molecule has 112 valence electrons. The zero-order chi connectivity index (χ0) is 15.8. The number of sulfonamides is 1. The number of rotatable bonds is 4. The van der Waals surface area contributed by atoms with Crippen LogP contribution in [0.15, 0.2) is 17.0 Å². The van der Waals surface area contributed by atoms with E-state index in [9.17, 15) is 27.3 Å². The third kappa shape index (κ3) is 2.94. The van der Waals surface area contributed by atoms with Gasteiger partial charge in [-0.05, 0) is 6.92 Å². The summed E-state index contributed by atoms with van der Waals surface area (Å²) in [6.07, 6.45) is 0. The summed E-state index contributed by atoms with van der Waals surface area (Å²) in [5.74, 6) is -3.04. The van der Waals surface area contributed by atoms with E-state index < -0.39 is 37.2 Å². The molecule has 0 saturated heterocycles. The first-order valence-corrected chi connectivity index (χ1v) is 6.74. The van der Waals surface area contributed by atoms with E-state index in [2.05, 4.69) is 15.2 Å². The van der Waals surface area contributed by atoms with Crippen LogP contribution < -0.4 is 4.72 Å². The number of H-pyrrole nitrogens is 1. The van der Waals surface area contributed by atoms with Crippen molar-refractivity contribution in [3.8, 4) is 0 Å². The van der Waals surface area contributed by atoms with Crippen LogP contribution in [0.3, 0.4) is 0 Å². The molecular weight excluding hydrogens is 312 g/mol. The van der Waals surface area contributed by atoms with E-state index in [1.54, 1.807) is 0 Å². The minimum atomic E-state index is -4.54. The normalized spacial score (nSPS) is 11.4. The summed E-state index contributed by atoms with van der Waals surface area (Å²) < 4.78 is 52.4. The van der Waals surface area contributed by atoms with Crippen molar-refractivity contribution in [2.75, 3.05) is 4.72 Å². The quantitative estimate of drug-likeness (QED) is 0.641. The van der Waals surface area contributed by atoms with Crippen LogP contribution in [-0.2, 0) is 10.0 Å². The number of nitro benzene ring substituents is 1. The standard InChI is InChI=1S/C9H7F2N5O4S/c1-4-12-9(14-13-4)15-21(19,20)8-3-7(16(17)18)5(10)2-6(8)11/h2-3H,1H3,(H2,12,13,14,15). The molecule has 0 aliphatic rings. The molecule has 0 unspecified atom stereocenters. The Morgan fingerprint density at radius 1 is 1.33 bits per heavy atom. The molecule has 0 radical (unpaired) electrons. The van der Waals surface area contributed by atoms with Gasteiger partial charge in [0, 0.05) is 12.1 Å². The summed E-state index contributed by atoms with van der Waals surface area (Å²) in [5, 5.41) is 16.4. The summed E-state index contributed by atoms with van der Waals surface area (Å²) >= 11 is 0. The van der Waals surface area contributed by atoms with Gasteiger partial charge in [0.25, 0.3) is 16.0 Å². The van der Waals surface area contributed by atoms with E-state index in [4.69, 9.17) is 0 Å². The van der Waals surface area contributed by atoms with Crippen LogP contribution in [0, 0.1) is 28.7 Å². The molecule has 1 aromatic heterocycles. The lowest BCUT2D eigenvalue weighted by molar-refractivity contribution is -0.387. The van der Waals surface area contributed by atoms with Crippen LogP contribution >= 0.6 is 0 Å². The minimum absolute atomic E-state index is 0.121. The molecule has 0 atom stereocenters. The topological polar surface area (TPSA) is 131 Å². The van der Waals surface area contributed by atoms with Gasteiger partial charge in [0.1, 0.15) is 16.5 Å². The number of benzene rings is 1. The Hall–Kier alpha value is -2.63. The Labute approximate surface area is 116 Å². The molecule has 0 spiro atoms. The smallest absolute Gasteiger partial charge is 0.261 e. The average molecular weight is 319 g/mol. The maximum absolute atomic E-state index is 13.6. The van der Waals surface area contributed by atoms with Gasteiger partial charge in [-0.15, -0.1) is 5.10 Å². The Bertz CT molecular complexity index is 820. The number of hydrogen-bond donors (Lipinski definition) is 2. The van der Waals surface area contributed by atoms with Gasteiger partial charge in [0.15, 0.2) is 0 Å². The van der Waals surface area contributed by atoms with Crippen molar-refractivity contribution in [3.05, 3.63) is 39.7 Å². The van der Waals surface area contributed by atoms with E-state index in [0.29, 0.717) is 5.82 Å². The summed E-state index contributed by atoms with van der Waals surface area (Å²) in [6.45, 7) is 1.49. The second-order valence-electron chi connectivity index (χ2n) is 3.84. The predicted molar refractivity (Wildman–Crippen MR) is 64.9 cm³/mol. The molecule has 0 aliphatic heterocycles. The summed E-state index contributed by atoms with van der Waals surface area (Å²) in [6, 6.07) is 0.405. The number of nitro groups is 1. The van der Waals surface area contributed by atoms with Gasteiger partial charge in [0.2, 0.25) is 5.82 Å². The molecule has 1 aromatic carbocycles. The number of nitrogens with one attached hydrogen (secondary N) is 2. The zero-order valence-corrected chi connectivity index (χ0v) is 11.1. The monoisotopic (exact) mass is 319 g/mol. The number of aryl methyl sites for hydroxylation is 1. The largest absolute Gasteiger partial charge is 0.306 e. The first kappa shape index (κ1) is 14.8. The van der Waals surface area contributed by atoms with Gasteiger partial charge >= 0.3 is 5.69 Å². The molecule has 12 heteroatoms. The lowest BCUT2D eigenvalue weighted by Crippen LogP contribution is -2.16. The van der Waals surface area contributed by atoms with Gasteiger partial charge in [-0.1, -0.05) is 0 Å². The fourth-order valence-corrected chi connectivity index (χ4v) is 2.45. The SMILES string of the molecule is Cc1nc(NS(=O)(=O)c2cc([N+](=O)[O-])c(F)cc2F)n[nH]1. The maximum Gasteiger partial charge on any atom is 0.306 e. The van der Waals surface area contributed by atoms with Crippen LogP contribution in [0.1, 0.15) is 5.82 Å². The van der Waals surface area contributed by atoms with Crippen LogP contribution in [0.2, 0.25) is 0 Å². The van der Waals surface area contributed by atoms with Crippen LogP contribution in [0.25, 0.3) is 0 Å². The summed E-state index contributed by atoms with van der Waals surface area (Å²) in [5.41, 5.74) is -1.16. The second-order valence-corrected chi connectivity index (χ2v) is 5.49. The minimum Gasteiger partial charge on any atom is -0.261 e. The van der Waals surface area contributed by atoms with Gasteiger partial charge < -0.3 is 0 Å².